The van der Waals surface area contributed by atoms with E-state index in [1.807, 2.05) is 18.2 Å². The molecule has 5 rings (SSSR count). The lowest BCUT2D eigenvalue weighted by molar-refractivity contribution is 0.198. The minimum atomic E-state index is -0.265. The van der Waals surface area contributed by atoms with Crippen LogP contribution in [0.4, 0.5) is 10.1 Å². The van der Waals surface area contributed by atoms with Gasteiger partial charge in [0.1, 0.15) is 11.9 Å². The standard InChI is InChI=1S/C30H31Cl2FN2O/c31-28-12-7-22(18-29(28)32)26-4-1-3-21-17-23(34)8-11-27(21)30(26)20-5-9-24(10-6-20)36-25-13-16-35(19-25)15-2-14-33/h5-12,17-18,25H,1-4,13-16,19,34H2/t25-/m0/s1. The van der Waals surface area contributed by atoms with Crippen LogP contribution in [0.1, 0.15) is 47.9 Å². The van der Waals surface area contributed by atoms with Gasteiger partial charge in [0.2, 0.25) is 0 Å². The van der Waals surface area contributed by atoms with Crippen molar-refractivity contribution in [3.63, 3.8) is 0 Å². The third kappa shape index (κ3) is 5.56. The lowest BCUT2D eigenvalue weighted by atomic mass is 9.87. The van der Waals surface area contributed by atoms with Gasteiger partial charge in [-0.05, 0) is 102 Å². The SMILES string of the molecule is Nc1ccc2c(c1)CCCC(c1ccc(Cl)c(Cl)c1)=C2c1ccc(O[C@H]2CCN(CCCF)C2)cc1. The van der Waals surface area contributed by atoms with Gasteiger partial charge >= 0.3 is 0 Å². The van der Waals surface area contributed by atoms with Crippen molar-refractivity contribution in [2.24, 2.45) is 0 Å². The van der Waals surface area contributed by atoms with Crippen molar-refractivity contribution in [2.75, 3.05) is 32.0 Å². The highest BCUT2D eigenvalue weighted by atomic mass is 35.5. The highest BCUT2D eigenvalue weighted by molar-refractivity contribution is 6.42. The maximum Gasteiger partial charge on any atom is 0.119 e. The number of halogens is 3. The Balaban J connectivity index is 1.48. The lowest BCUT2D eigenvalue weighted by Crippen LogP contribution is -2.26. The second kappa shape index (κ2) is 11.2. The molecule has 2 N–H and O–H groups in total. The molecule has 0 bridgehead atoms. The third-order valence-corrected chi connectivity index (χ3v) is 7.86. The molecule has 1 aliphatic heterocycles. The number of allylic oxidation sites excluding steroid dienone is 1. The topological polar surface area (TPSA) is 38.5 Å². The summed E-state index contributed by atoms with van der Waals surface area (Å²) in [7, 11) is 0. The van der Waals surface area contributed by atoms with Crippen LogP contribution in [0.3, 0.4) is 0 Å². The molecular weight excluding hydrogens is 494 g/mol. The van der Waals surface area contributed by atoms with E-state index in [1.54, 1.807) is 0 Å². The Hall–Kier alpha value is -2.53. The number of ether oxygens (including phenoxy) is 1. The number of nitrogens with zero attached hydrogens (tertiary/aromatic N) is 1. The van der Waals surface area contributed by atoms with Crippen LogP contribution in [0.15, 0.2) is 60.7 Å². The molecule has 1 heterocycles. The van der Waals surface area contributed by atoms with E-state index in [4.69, 9.17) is 33.7 Å². The molecule has 0 aromatic heterocycles. The second-order valence-corrected chi connectivity index (χ2v) is 10.5. The first-order valence-corrected chi connectivity index (χ1v) is 13.4. The Kier molecular flexibility index (Phi) is 7.85. The first kappa shape index (κ1) is 25.1. The molecule has 3 aromatic rings. The number of aryl methyl sites for hydroxylation is 1. The lowest BCUT2D eigenvalue weighted by Gasteiger charge is -2.19. The Morgan fingerprint density at radius 1 is 0.944 bits per heavy atom. The van der Waals surface area contributed by atoms with Gasteiger partial charge in [0.15, 0.2) is 0 Å². The molecule has 1 aliphatic carbocycles. The number of benzene rings is 3. The number of alkyl halides is 1. The number of hydrogen-bond donors (Lipinski definition) is 1. The summed E-state index contributed by atoms with van der Waals surface area (Å²) < 4.78 is 18.8. The van der Waals surface area contributed by atoms with Gasteiger partial charge in [0, 0.05) is 25.3 Å². The largest absolute Gasteiger partial charge is 0.489 e. The van der Waals surface area contributed by atoms with Gasteiger partial charge in [-0.1, -0.05) is 47.5 Å². The molecule has 3 nitrogen and oxygen atoms in total. The van der Waals surface area contributed by atoms with E-state index in [2.05, 4.69) is 47.4 Å². The zero-order chi connectivity index (χ0) is 25.1. The van der Waals surface area contributed by atoms with Crippen molar-refractivity contribution < 1.29 is 9.13 Å². The molecule has 0 unspecified atom stereocenters. The summed E-state index contributed by atoms with van der Waals surface area (Å²) in [6, 6.07) is 20.5. The number of rotatable bonds is 7. The van der Waals surface area contributed by atoms with E-state index >= 15 is 0 Å². The molecule has 3 aromatic carbocycles. The molecular formula is C30H31Cl2FN2O. The van der Waals surface area contributed by atoms with Gasteiger partial charge in [-0.15, -0.1) is 0 Å². The summed E-state index contributed by atoms with van der Waals surface area (Å²) in [5, 5.41) is 1.12. The number of nitrogens with two attached hydrogens (primary N) is 1. The molecule has 0 spiro atoms. The molecule has 0 saturated carbocycles. The fourth-order valence-corrected chi connectivity index (χ4v) is 5.68. The molecule has 1 atom stereocenters. The number of hydrogen-bond acceptors (Lipinski definition) is 3. The minimum Gasteiger partial charge on any atom is -0.489 e. The van der Waals surface area contributed by atoms with Crippen molar-refractivity contribution in [3.8, 4) is 5.75 Å². The normalized spacial score (nSPS) is 18.2. The van der Waals surface area contributed by atoms with Crippen molar-refractivity contribution in [2.45, 2.75) is 38.2 Å². The van der Waals surface area contributed by atoms with E-state index in [1.165, 1.54) is 22.3 Å². The van der Waals surface area contributed by atoms with Gasteiger partial charge in [0.25, 0.3) is 0 Å². The molecule has 0 radical (unpaired) electrons. The Labute approximate surface area is 222 Å². The zero-order valence-electron chi connectivity index (χ0n) is 20.3. The Morgan fingerprint density at radius 2 is 1.75 bits per heavy atom. The maximum absolute atomic E-state index is 12.5. The van der Waals surface area contributed by atoms with Gasteiger partial charge in [-0.25, -0.2) is 0 Å². The quantitative estimate of drug-likeness (QED) is 0.322. The van der Waals surface area contributed by atoms with Crippen LogP contribution in [0.25, 0.3) is 11.1 Å². The molecule has 0 amide bonds. The summed E-state index contributed by atoms with van der Waals surface area (Å²) in [5.74, 6) is 0.860. The molecule has 1 fully saturated rings. The first-order valence-electron chi connectivity index (χ1n) is 12.6. The molecule has 1 saturated heterocycles. The fraction of sp³-hybridized carbons (Fsp3) is 0.333. The van der Waals surface area contributed by atoms with Crippen LogP contribution in [-0.2, 0) is 6.42 Å². The predicted molar refractivity (Wildman–Crippen MR) is 149 cm³/mol. The molecule has 2 aliphatic rings. The van der Waals surface area contributed by atoms with E-state index in [0.29, 0.717) is 16.5 Å². The van der Waals surface area contributed by atoms with Crippen molar-refractivity contribution in [3.05, 3.63) is 93.0 Å². The number of likely N-dealkylation sites (tertiary alicyclic amines) is 1. The van der Waals surface area contributed by atoms with Crippen molar-refractivity contribution in [1.29, 1.82) is 0 Å². The first-order chi connectivity index (χ1) is 17.5. The highest BCUT2D eigenvalue weighted by Gasteiger charge is 2.24. The average molecular weight is 525 g/mol. The average Bonchev–Trinajstić information content (AvgIpc) is 3.23. The van der Waals surface area contributed by atoms with Gasteiger partial charge in [-0.2, -0.15) is 0 Å². The summed E-state index contributed by atoms with van der Waals surface area (Å²) in [6.07, 6.45) is 4.62. The van der Waals surface area contributed by atoms with Crippen LogP contribution in [0.2, 0.25) is 10.0 Å². The number of anilines is 1. The maximum atomic E-state index is 12.5. The van der Waals surface area contributed by atoms with E-state index in [-0.39, 0.29) is 12.8 Å². The smallest absolute Gasteiger partial charge is 0.119 e. The third-order valence-electron chi connectivity index (χ3n) is 7.12. The van der Waals surface area contributed by atoms with E-state index < -0.39 is 0 Å². The predicted octanol–water partition coefficient (Wildman–Crippen LogP) is 7.68. The van der Waals surface area contributed by atoms with Crippen LogP contribution >= 0.6 is 23.2 Å². The minimum absolute atomic E-state index is 0.142. The number of fused-ring (bicyclic) bond motifs is 1. The van der Waals surface area contributed by atoms with Crippen molar-refractivity contribution >= 4 is 40.0 Å². The zero-order valence-corrected chi connectivity index (χ0v) is 21.8. The molecule has 6 heteroatoms. The highest BCUT2D eigenvalue weighted by Crippen LogP contribution is 2.41. The van der Waals surface area contributed by atoms with Crippen molar-refractivity contribution in [1.82, 2.24) is 4.90 Å². The fourth-order valence-electron chi connectivity index (χ4n) is 5.38. The summed E-state index contributed by atoms with van der Waals surface area (Å²) in [6.45, 7) is 2.34. The molecule has 188 valence electrons. The van der Waals surface area contributed by atoms with Gasteiger partial charge in [-0.3, -0.25) is 9.29 Å². The van der Waals surface area contributed by atoms with E-state index in [9.17, 15) is 4.39 Å². The summed E-state index contributed by atoms with van der Waals surface area (Å²) in [4.78, 5) is 2.28. The summed E-state index contributed by atoms with van der Waals surface area (Å²) >= 11 is 12.6. The number of nitrogen functional groups attached to an aromatic ring is 1. The van der Waals surface area contributed by atoms with Crippen LogP contribution in [0.5, 0.6) is 5.75 Å². The molecule has 36 heavy (non-hydrogen) atoms. The monoisotopic (exact) mass is 524 g/mol. The van der Waals surface area contributed by atoms with Crippen LogP contribution in [-0.4, -0.2) is 37.3 Å². The van der Waals surface area contributed by atoms with Crippen LogP contribution < -0.4 is 10.5 Å². The van der Waals surface area contributed by atoms with Crippen LogP contribution in [0, 0.1) is 0 Å². The summed E-state index contributed by atoms with van der Waals surface area (Å²) in [5.41, 5.74) is 14.1. The van der Waals surface area contributed by atoms with E-state index in [0.717, 1.165) is 67.9 Å². The van der Waals surface area contributed by atoms with Gasteiger partial charge < -0.3 is 10.5 Å². The Bertz CT molecular complexity index is 1260. The van der Waals surface area contributed by atoms with Gasteiger partial charge in [0.05, 0.1) is 16.7 Å². The second-order valence-electron chi connectivity index (χ2n) is 9.65. The Morgan fingerprint density at radius 3 is 2.53 bits per heavy atom.